The fourth-order valence-electron chi connectivity index (χ4n) is 3.66. The summed E-state index contributed by atoms with van der Waals surface area (Å²) in [5.41, 5.74) is 2.13. The van der Waals surface area contributed by atoms with Gasteiger partial charge in [0.05, 0.1) is 19.3 Å². The normalized spacial score (nSPS) is 18.1. The molecule has 0 aliphatic carbocycles. The van der Waals surface area contributed by atoms with Crippen LogP contribution in [0.1, 0.15) is 17.5 Å². The van der Waals surface area contributed by atoms with Crippen LogP contribution in [-0.4, -0.2) is 34.6 Å². The summed E-state index contributed by atoms with van der Waals surface area (Å²) in [6.45, 7) is 2.42. The minimum absolute atomic E-state index is 0.139. The van der Waals surface area contributed by atoms with Crippen LogP contribution >= 0.6 is 0 Å². The molecule has 6 nitrogen and oxygen atoms in total. The SMILES string of the molecule is O=c1[nH]c(CN2CCOC(c3ccc(F)cc3)C2)nc2c1oc1ccccc12. The van der Waals surface area contributed by atoms with Crippen molar-refractivity contribution >= 4 is 22.1 Å². The Balaban J connectivity index is 1.42. The van der Waals surface area contributed by atoms with Crippen molar-refractivity contribution in [3.05, 3.63) is 76.1 Å². The molecule has 2 aromatic carbocycles. The molecule has 4 aromatic rings. The molecule has 1 saturated heterocycles. The molecule has 0 bridgehead atoms. The van der Waals surface area contributed by atoms with Gasteiger partial charge in [0, 0.05) is 18.5 Å². The molecule has 3 heterocycles. The van der Waals surface area contributed by atoms with Crippen LogP contribution in [0.5, 0.6) is 0 Å². The third-order valence-electron chi connectivity index (χ3n) is 5.05. The molecule has 1 unspecified atom stereocenters. The molecule has 1 N–H and O–H groups in total. The van der Waals surface area contributed by atoms with Gasteiger partial charge in [0.2, 0.25) is 5.58 Å². The van der Waals surface area contributed by atoms with Crippen LogP contribution in [0.4, 0.5) is 4.39 Å². The summed E-state index contributed by atoms with van der Waals surface area (Å²) in [5, 5.41) is 0.830. The fourth-order valence-corrected chi connectivity index (χ4v) is 3.66. The first kappa shape index (κ1) is 17.1. The van der Waals surface area contributed by atoms with Gasteiger partial charge in [0.25, 0.3) is 5.56 Å². The molecular weight excluding hydrogens is 361 g/mol. The number of aromatic amines is 1. The standard InChI is InChI=1S/C21H18FN3O3/c22-14-7-5-13(6-8-14)17-11-25(9-10-27-17)12-18-23-19-15-3-1-2-4-16(15)28-20(19)21(26)24-18/h1-8,17H,9-12H2,(H,23,24,26). The molecule has 0 saturated carbocycles. The Bertz CT molecular complexity index is 1200. The maximum absolute atomic E-state index is 13.2. The molecule has 28 heavy (non-hydrogen) atoms. The Morgan fingerprint density at radius 1 is 1.18 bits per heavy atom. The van der Waals surface area contributed by atoms with E-state index in [1.54, 1.807) is 12.1 Å². The highest BCUT2D eigenvalue weighted by Crippen LogP contribution is 2.26. The third-order valence-corrected chi connectivity index (χ3v) is 5.05. The predicted octanol–water partition coefficient (Wildman–Crippen LogP) is 3.38. The van der Waals surface area contributed by atoms with Crippen molar-refractivity contribution in [2.24, 2.45) is 0 Å². The van der Waals surface area contributed by atoms with Crippen LogP contribution in [0.25, 0.3) is 22.1 Å². The number of para-hydroxylation sites is 1. The van der Waals surface area contributed by atoms with E-state index in [0.29, 0.717) is 36.6 Å². The van der Waals surface area contributed by atoms with Gasteiger partial charge in [0.15, 0.2) is 0 Å². The summed E-state index contributed by atoms with van der Waals surface area (Å²) in [6.07, 6.45) is -0.139. The van der Waals surface area contributed by atoms with Gasteiger partial charge >= 0.3 is 0 Å². The maximum atomic E-state index is 13.2. The van der Waals surface area contributed by atoms with Gasteiger partial charge in [-0.15, -0.1) is 0 Å². The fraction of sp³-hybridized carbons (Fsp3) is 0.238. The number of ether oxygens (including phenoxy) is 1. The van der Waals surface area contributed by atoms with Crippen molar-refractivity contribution in [3.63, 3.8) is 0 Å². The van der Waals surface area contributed by atoms with Crippen LogP contribution in [0, 0.1) is 5.82 Å². The Hall–Kier alpha value is -3.03. The number of rotatable bonds is 3. The number of halogens is 1. The molecule has 0 amide bonds. The topological polar surface area (TPSA) is 71.4 Å². The number of hydrogen-bond acceptors (Lipinski definition) is 5. The predicted molar refractivity (Wildman–Crippen MR) is 103 cm³/mol. The minimum atomic E-state index is -0.278. The van der Waals surface area contributed by atoms with Gasteiger partial charge in [-0.2, -0.15) is 0 Å². The van der Waals surface area contributed by atoms with E-state index >= 15 is 0 Å². The first-order valence-corrected chi connectivity index (χ1v) is 9.17. The second-order valence-electron chi connectivity index (χ2n) is 6.93. The molecule has 5 rings (SSSR count). The van der Waals surface area contributed by atoms with E-state index in [1.807, 2.05) is 24.3 Å². The maximum Gasteiger partial charge on any atom is 0.294 e. The van der Waals surface area contributed by atoms with Gasteiger partial charge in [0.1, 0.15) is 22.7 Å². The molecule has 1 fully saturated rings. The van der Waals surface area contributed by atoms with E-state index in [1.165, 1.54) is 12.1 Å². The average molecular weight is 379 g/mol. The van der Waals surface area contributed by atoms with E-state index in [4.69, 9.17) is 9.15 Å². The number of nitrogens with one attached hydrogen (secondary N) is 1. The number of aromatic nitrogens is 2. The summed E-state index contributed by atoms with van der Waals surface area (Å²) in [6, 6.07) is 13.9. The van der Waals surface area contributed by atoms with Crippen molar-refractivity contribution < 1.29 is 13.5 Å². The smallest absolute Gasteiger partial charge is 0.294 e. The van der Waals surface area contributed by atoms with Crippen LogP contribution in [0.15, 0.2) is 57.7 Å². The lowest BCUT2D eigenvalue weighted by molar-refractivity contribution is -0.0336. The Labute approximate surface area is 159 Å². The van der Waals surface area contributed by atoms with Crippen molar-refractivity contribution in [2.75, 3.05) is 19.7 Å². The lowest BCUT2D eigenvalue weighted by Crippen LogP contribution is -2.38. The average Bonchev–Trinajstić information content (AvgIpc) is 3.08. The quantitative estimate of drug-likeness (QED) is 0.591. The number of hydrogen-bond donors (Lipinski definition) is 1. The first-order chi connectivity index (χ1) is 13.7. The second-order valence-corrected chi connectivity index (χ2v) is 6.93. The van der Waals surface area contributed by atoms with Gasteiger partial charge in [-0.25, -0.2) is 9.37 Å². The molecule has 2 aromatic heterocycles. The van der Waals surface area contributed by atoms with Crippen molar-refractivity contribution in [1.29, 1.82) is 0 Å². The number of furan rings is 1. The summed E-state index contributed by atoms with van der Waals surface area (Å²) < 4.78 is 24.6. The van der Waals surface area contributed by atoms with Crippen molar-refractivity contribution in [2.45, 2.75) is 12.6 Å². The molecule has 7 heteroatoms. The highest BCUT2D eigenvalue weighted by atomic mass is 19.1. The highest BCUT2D eigenvalue weighted by molar-refractivity contribution is 6.01. The summed E-state index contributed by atoms with van der Waals surface area (Å²) in [7, 11) is 0. The second kappa shape index (κ2) is 6.85. The van der Waals surface area contributed by atoms with Gasteiger partial charge in [-0.3, -0.25) is 9.69 Å². The number of nitrogens with zero attached hydrogens (tertiary/aromatic N) is 2. The number of H-pyrrole nitrogens is 1. The van der Waals surface area contributed by atoms with Crippen LogP contribution in [0.3, 0.4) is 0 Å². The van der Waals surface area contributed by atoms with E-state index in [-0.39, 0.29) is 23.1 Å². The van der Waals surface area contributed by atoms with E-state index < -0.39 is 0 Å². The van der Waals surface area contributed by atoms with E-state index in [9.17, 15) is 9.18 Å². The van der Waals surface area contributed by atoms with Crippen LogP contribution in [0.2, 0.25) is 0 Å². The van der Waals surface area contributed by atoms with Crippen molar-refractivity contribution in [3.8, 4) is 0 Å². The molecule has 1 aliphatic heterocycles. The Kier molecular flexibility index (Phi) is 4.18. The summed E-state index contributed by atoms with van der Waals surface area (Å²) >= 11 is 0. The molecule has 1 aliphatic rings. The summed E-state index contributed by atoms with van der Waals surface area (Å²) in [5.74, 6) is 0.322. The highest BCUT2D eigenvalue weighted by Gasteiger charge is 2.23. The first-order valence-electron chi connectivity index (χ1n) is 9.17. The monoisotopic (exact) mass is 379 g/mol. The Morgan fingerprint density at radius 3 is 2.86 bits per heavy atom. The lowest BCUT2D eigenvalue weighted by atomic mass is 10.1. The van der Waals surface area contributed by atoms with Gasteiger partial charge < -0.3 is 14.1 Å². The molecular formula is C21H18FN3O3. The lowest BCUT2D eigenvalue weighted by Gasteiger charge is -2.32. The van der Waals surface area contributed by atoms with Crippen LogP contribution in [-0.2, 0) is 11.3 Å². The zero-order valence-corrected chi connectivity index (χ0v) is 15.0. The number of benzene rings is 2. The third kappa shape index (κ3) is 3.08. The van der Waals surface area contributed by atoms with Crippen LogP contribution < -0.4 is 5.56 Å². The molecule has 142 valence electrons. The zero-order chi connectivity index (χ0) is 19.1. The number of fused-ring (bicyclic) bond motifs is 3. The number of morpholine rings is 1. The minimum Gasteiger partial charge on any atom is -0.449 e. The Morgan fingerprint density at radius 2 is 2.00 bits per heavy atom. The van der Waals surface area contributed by atoms with E-state index in [2.05, 4.69) is 14.9 Å². The van der Waals surface area contributed by atoms with Gasteiger partial charge in [-0.05, 0) is 29.8 Å². The largest absolute Gasteiger partial charge is 0.449 e. The molecule has 1 atom stereocenters. The van der Waals surface area contributed by atoms with E-state index in [0.717, 1.165) is 17.5 Å². The zero-order valence-electron chi connectivity index (χ0n) is 15.0. The van der Waals surface area contributed by atoms with Crippen molar-refractivity contribution in [1.82, 2.24) is 14.9 Å². The molecule has 0 spiro atoms. The summed E-state index contributed by atoms with van der Waals surface area (Å²) in [4.78, 5) is 22.1. The molecule has 0 radical (unpaired) electrons. The van der Waals surface area contributed by atoms with Gasteiger partial charge in [-0.1, -0.05) is 24.3 Å².